The molecule has 2 rings (SSSR count). The third kappa shape index (κ3) is 4.18. The minimum Gasteiger partial charge on any atom is -0.375 e. The van der Waals surface area contributed by atoms with Crippen LogP contribution in [0.25, 0.3) is 0 Å². The molecule has 1 fully saturated rings. The van der Waals surface area contributed by atoms with Gasteiger partial charge in [0.2, 0.25) is 0 Å². The third-order valence-corrected chi connectivity index (χ3v) is 3.30. The summed E-state index contributed by atoms with van der Waals surface area (Å²) in [5.41, 5.74) is 1.96. The molecule has 0 amide bonds. The summed E-state index contributed by atoms with van der Waals surface area (Å²) in [5, 5.41) is 3.31. The molecule has 1 atom stereocenters. The number of anilines is 1. The number of nitrogens with one attached hydrogen (secondary N) is 1. The fourth-order valence-electron chi connectivity index (χ4n) is 2.38. The van der Waals surface area contributed by atoms with Crippen molar-refractivity contribution in [3.63, 3.8) is 0 Å². The fourth-order valence-corrected chi connectivity index (χ4v) is 2.38. The zero-order valence-electron chi connectivity index (χ0n) is 11.8. The standard InChI is InChI=1S/C15H23FN2O/c1-3-4-17-10-13-7-14(16)9-15(8-13)18-5-6-19-12(2)11-18/h7-9,12,17H,3-6,10-11H2,1-2H3. The lowest BCUT2D eigenvalue weighted by Gasteiger charge is -2.33. The molecule has 0 aromatic heterocycles. The maximum Gasteiger partial charge on any atom is 0.125 e. The Morgan fingerprint density at radius 1 is 1.42 bits per heavy atom. The zero-order chi connectivity index (χ0) is 13.7. The number of ether oxygens (including phenoxy) is 1. The maximum absolute atomic E-state index is 13.7. The highest BCUT2D eigenvalue weighted by atomic mass is 19.1. The molecule has 0 spiro atoms. The van der Waals surface area contributed by atoms with Crippen molar-refractivity contribution in [1.82, 2.24) is 5.32 Å². The molecular weight excluding hydrogens is 243 g/mol. The summed E-state index contributed by atoms with van der Waals surface area (Å²) in [6.45, 7) is 8.22. The van der Waals surface area contributed by atoms with Crippen molar-refractivity contribution < 1.29 is 9.13 Å². The second-order valence-electron chi connectivity index (χ2n) is 5.12. The monoisotopic (exact) mass is 266 g/mol. The minimum absolute atomic E-state index is 0.162. The van der Waals surface area contributed by atoms with Crippen molar-refractivity contribution in [1.29, 1.82) is 0 Å². The molecule has 0 saturated carbocycles. The highest BCUT2D eigenvalue weighted by Crippen LogP contribution is 2.21. The molecule has 106 valence electrons. The normalized spacial score (nSPS) is 19.7. The number of hydrogen-bond donors (Lipinski definition) is 1. The Morgan fingerprint density at radius 3 is 3.00 bits per heavy atom. The second-order valence-corrected chi connectivity index (χ2v) is 5.12. The summed E-state index contributed by atoms with van der Waals surface area (Å²) in [6.07, 6.45) is 1.29. The second kappa shape index (κ2) is 6.87. The summed E-state index contributed by atoms with van der Waals surface area (Å²) < 4.78 is 19.2. The Labute approximate surface area is 114 Å². The van der Waals surface area contributed by atoms with E-state index >= 15 is 0 Å². The van der Waals surface area contributed by atoms with Crippen LogP contribution in [0.4, 0.5) is 10.1 Å². The Bertz CT molecular complexity index is 411. The minimum atomic E-state index is -0.162. The number of benzene rings is 1. The first-order valence-corrected chi connectivity index (χ1v) is 7.05. The van der Waals surface area contributed by atoms with Gasteiger partial charge in [0.05, 0.1) is 12.7 Å². The topological polar surface area (TPSA) is 24.5 Å². The number of hydrogen-bond acceptors (Lipinski definition) is 3. The van der Waals surface area contributed by atoms with Crippen LogP contribution in [0.15, 0.2) is 18.2 Å². The molecule has 1 aromatic carbocycles. The van der Waals surface area contributed by atoms with Gasteiger partial charge in [-0.15, -0.1) is 0 Å². The van der Waals surface area contributed by atoms with Crippen LogP contribution in [-0.4, -0.2) is 32.3 Å². The summed E-state index contributed by atoms with van der Waals surface area (Å²) in [5.74, 6) is -0.162. The van der Waals surface area contributed by atoms with Gasteiger partial charge in [0.25, 0.3) is 0 Å². The Kier molecular flexibility index (Phi) is 5.16. The Balaban J connectivity index is 2.07. The van der Waals surface area contributed by atoms with Crippen LogP contribution in [0.1, 0.15) is 25.8 Å². The van der Waals surface area contributed by atoms with Crippen molar-refractivity contribution in [2.24, 2.45) is 0 Å². The molecule has 1 unspecified atom stereocenters. The van der Waals surface area contributed by atoms with Gasteiger partial charge in [0.1, 0.15) is 5.82 Å². The lowest BCUT2D eigenvalue weighted by molar-refractivity contribution is 0.0532. The number of morpholine rings is 1. The van der Waals surface area contributed by atoms with Crippen molar-refractivity contribution in [2.75, 3.05) is 31.1 Å². The molecule has 4 heteroatoms. The van der Waals surface area contributed by atoms with E-state index < -0.39 is 0 Å². The van der Waals surface area contributed by atoms with Crippen molar-refractivity contribution >= 4 is 5.69 Å². The van der Waals surface area contributed by atoms with E-state index in [1.807, 2.05) is 0 Å². The van der Waals surface area contributed by atoms with E-state index in [0.29, 0.717) is 6.61 Å². The first-order valence-electron chi connectivity index (χ1n) is 7.05. The molecule has 1 aliphatic heterocycles. The van der Waals surface area contributed by atoms with Gasteiger partial charge >= 0.3 is 0 Å². The van der Waals surface area contributed by atoms with E-state index in [1.54, 1.807) is 12.1 Å². The third-order valence-electron chi connectivity index (χ3n) is 3.30. The SMILES string of the molecule is CCCNCc1cc(F)cc(N2CCOC(C)C2)c1. The molecule has 1 N–H and O–H groups in total. The molecule has 1 aromatic rings. The zero-order valence-corrected chi connectivity index (χ0v) is 11.8. The summed E-state index contributed by atoms with van der Waals surface area (Å²) in [6, 6.07) is 5.29. The highest BCUT2D eigenvalue weighted by molar-refractivity contribution is 5.49. The maximum atomic E-state index is 13.7. The van der Waals surface area contributed by atoms with Crippen LogP contribution < -0.4 is 10.2 Å². The van der Waals surface area contributed by atoms with Gasteiger partial charge in [0, 0.05) is 25.3 Å². The number of rotatable bonds is 5. The van der Waals surface area contributed by atoms with Gasteiger partial charge in [-0.05, 0) is 43.7 Å². The number of nitrogens with zero attached hydrogens (tertiary/aromatic N) is 1. The van der Waals surface area contributed by atoms with Crippen molar-refractivity contribution in [3.05, 3.63) is 29.6 Å². The van der Waals surface area contributed by atoms with Crippen LogP contribution in [0.5, 0.6) is 0 Å². The van der Waals surface area contributed by atoms with Gasteiger partial charge in [0.15, 0.2) is 0 Å². The first kappa shape index (κ1) is 14.3. The Hall–Kier alpha value is -1.13. The van der Waals surface area contributed by atoms with Crippen LogP contribution in [0.2, 0.25) is 0 Å². The van der Waals surface area contributed by atoms with E-state index in [4.69, 9.17) is 4.74 Å². The van der Waals surface area contributed by atoms with Crippen LogP contribution >= 0.6 is 0 Å². The van der Waals surface area contributed by atoms with E-state index in [0.717, 1.165) is 43.9 Å². The molecule has 0 bridgehead atoms. The molecule has 3 nitrogen and oxygen atoms in total. The van der Waals surface area contributed by atoms with Gasteiger partial charge in [-0.3, -0.25) is 0 Å². The van der Waals surface area contributed by atoms with E-state index in [9.17, 15) is 4.39 Å². The lowest BCUT2D eigenvalue weighted by atomic mass is 10.1. The molecule has 19 heavy (non-hydrogen) atoms. The summed E-state index contributed by atoms with van der Waals surface area (Å²) in [4.78, 5) is 2.20. The predicted molar refractivity (Wildman–Crippen MR) is 76.0 cm³/mol. The van der Waals surface area contributed by atoms with Gasteiger partial charge < -0.3 is 15.0 Å². The molecular formula is C15H23FN2O. The van der Waals surface area contributed by atoms with Gasteiger partial charge in [-0.25, -0.2) is 4.39 Å². The molecule has 0 aliphatic carbocycles. The summed E-state index contributed by atoms with van der Waals surface area (Å²) in [7, 11) is 0. The number of halogens is 1. The largest absolute Gasteiger partial charge is 0.375 e. The molecule has 0 radical (unpaired) electrons. The first-order chi connectivity index (χ1) is 9.19. The average Bonchev–Trinajstić information content (AvgIpc) is 2.38. The smallest absolute Gasteiger partial charge is 0.125 e. The summed E-state index contributed by atoms with van der Waals surface area (Å²) >= 11 is 0. The highest BCUT2D eigenvalue weighted by Gasteiger charge is 2.17. The van der Waals surface area contributed by atoms with Crippen molar-refractivity contribution in [3.8, 4) is 0 Å². The van der Waals surface area contributed by atoms with E-state index in [1.165, 1.54) is 0 Å². The lowest BCUT2D eigenvalue weighted by Crippen LogP contribution is -2.41. The average molecular weight is 266 g/mol. The molecule has 1 saturated heterocycles. The van der Waals surface area contributed by atoms with Crippen LogP contribution in [-0.2, 0) is 11.3 Å². The Morgan fingerprint density at radius 2 is 2.26 bits per heavy atom. The fraction of sp³-hybridized carbons (Fsp3) is 0.600. The van der Waals surface area contributed by atoms with Crippen LogP contribution in [0.3, 0.4) is 0 Å². The van der Waals surface area contributed by atoms with E-state index in [-0.39, 0.29) is 11.9 Å². The predicted octanol–water partition coefficient (Wildman–Crippen LogP) is 2.55. The van der Waals surface area contributed by atoms with Gasteiger partial charge in [-0.2, -0.15) is 0 Å². The quantitative estimate of drug-likeness (QED) is 0.829. The van der Waals surface area contributed by atoms with Gasteiger partial charge in [-0.1, -0.05) is 6.92 Å². The van der Waals surface area contributed by atoms with Crippen LogP contribution in [0, 0.1) is 5.82 Å². The van der Waals surface area contributed by atoms with Crippen molar-refractivity contribution in [2.45, 2.75) is 32.9 Å². The molecule has 1 heterocycles. The van der Waals surface area contributed by atoms with E-state index in [2.05, 4.69) is 30.1 Å². The molecule has 1 aliphatic rings.